The predicted molar refractivity (Wildman–Crippen MR) is 113 cm³/mol. The number of rotatable bonds is 8. The number of hydrogen-bond acceptors (Lipinski definition) is 2. The van der Waals surface area contributed by atoms with Gasteiger partial charge in [-0.15, -0.1) is 0 Å². The van der Waals surface area contributed by atoms with Crippen LogP contribution < -0.4 is 5.32 Å². The van der Waals surface area contributed by atoms with E-state index in [1.54, 1.807) is 12.1 Å². The molecular formula is C20H33BrF3NOSi. The van der Waals surface area contributed by atoms with Crippen LogP contribution in [0, 0.1) is 11.3 Å². The highest BCUT2D eigenvalue weighted by Crippen LogP contribution is 2.37. The molecule has 0 bridgehead atoms. The van der Waals surface area contributed by atoms with Gasteiger partial charge >= 0.3 is 6.18 Å². The molecule has 0 saturated heterocycles. The number of alkyl halides is 3. The van der Waals surface area contributed by atoms with Gasteiger partial charge in [-0.2, -0.15) is 13.2 Å². The van der Waals surface area contributed by atoms with Gasteiger partial charge < -0.3 is 4.43 Å². The molecule has 1 unspecified atom stereocenters. The van der Waals surface area contributed by atoms with Gasteiger partial charge in [0.05, 0.1) is 6.10 Å². The zero-order valence-corrected chi connectivity index (χ0v) is 20.1. The Balaban J connectivity index is 3.30. The quantitative estimate of drug-likeness (QED) is 0.442. The summed E-state index contributed by atoms with van der Waals surface area (Å²) in [5.41, 5.74) is -0.0582. The van der Waals surface area contributed by atoms with Crippen LogP contribution in [0.4, 0.5) is 13.2 Å². The normalized spacial score (nSPS) is 16.6. The highest BCUT2D eigenvalue weighted by molar-refractivity contribution is 9.10. The van der Waals surface area contributed by atoms with Crippen molar-refractivity contribution >= 4 is 25.0 Å². The van der Waals surface area contributed by atoms with Gasteiger partial charge in [-0.25, -0.2) is 0 Å². The number of nitrogens with one attached hydrogen (secondary N) is 1. The molecule has 1 rings (SSSR count). The van der Waals surface area contributed by atoms with Crippen molar-refractivity contribution in [1.29, 1.82) is 0 Å². The van der Waals surface area contributed by atoms with E-state index in [4.69, 9.17) is 4.43 Å². The lowest BCUT2D eigenvalue weighted by Crippen LogP contribution is -2.53. The van der Waals surface area contributed by atoms with E-state index in [9.17, 15) is 13.2 Å². The third-order valence-corrected chi connectivity index (χ3v) is 5.58. The topological polar surface area (TPSA) is 21.3 Å². The van der Waals surface area contributed by atoms with Crippen LogP contribution in [-0.4, -0.2) is 27.4 Å². The van der Waals surface area contributed by atoms with E-state index in [0.29, 0.717) is 10.9 Å². The Morgan fingerprint density at radius 3 is 2.15 bits per heavy atom. The lowest BCUT2D eigenvalue weighted by atomic mass is 9.81. The molecule has 156 valence electrons. The maximum atomic E-state index is 13.9. The molecule has 0 aliphatic heterocycles. The minimum Gasteiger partial charge on any atom is -0.416 e. The van der Waals surface area contributed by atoms with Gasteiger partial charge in [-0.05, 0) is 48.5 Å². The minimum absolute atomic E-state index is 0.208. The first kappa shape index (κ1) is 24.7. The van der Waals surface area contributed by atoms with Crippen LogP contribution in [0.3, 0.4) is 0 Å². The van der Waals surface area contributed by atoms with Crippen LogP contribution >= 0.6 is 15.9 Å². The number of benzene rings is 1. The zero-order valence-electron chi connectivity index (χ0n) is 17.3. The second-order valence-electron chi connectivity index (χ2n) is 8.90. The number of halogens is 4. The highest BCUT2D eigenvalue weighted by Gasteiger charge is 2.44. The van der Waals surface area contributed by atoms with Gasteiger partial charge in [0, 0.05) is 10.5 Å². The predicted octanol–water partition coefficient (Wildman–Crippen LogP) is 6.47. The van der Waals surface area contributed by atoms with E-state index in [0.717, 1.165) is 0 Å². The molecule has 27 heavy (non-hydrogen) atoms. The lowest BCUT2D eigenvalue weighted by molar-refractivity contribution is -0.163. The summed E-state index contributed by atoms with van der Waals surface area (Å²) in [6, 6.07) is 4.28. The summed E-state index contributed by atoms with van der Waals surface area (Å²) >= 11 is 3.28. The Labute approximate surface area is 172 Å². The van der Waals surface area contributed by atoms with Crippen LogP contribution in [0.15, 0.2) is 28.7 Å². The SMILES string of the molecule is CC(C)C[C@H](N[C@@H](c1cccc(Br)c1)C(F)(F)F)C(O[SiH](C)C)C(C)(C)C. The molecule has 0 radical (unpaired) electrons. The van der Waals surface area contributed by atoms with E-state index in [1.165, 1.54) is 12.1 Å². The Hall–Kier alpha value is -0.373. The fourth-order valence-corrected chi connectivity index (χ4v) is 4.86. The first-order valence-corrected chi connectivity index (χ1v) is 13.0. The third kappa shape index (κ3) is 8.26. The van der Waals surface area contributed by atoms with Gasteiger partial charge in [0.1, 0.15) is 6.04 Å². The second-order valence-corrected chi connectivity index (χ2v) is 12.2. The summed E-state index contributed by atoms with van der Waals surface area (Å²) in [4.78, 5) is 0. The van der Waals surface area contributed by atoms with Crippen molar-refractivity contribution in [3.05, 3.63) is 34.3 Å². The maximum absolute atomic E-state index is 13.9. The van der Waals surface area contributed by atoms with E-state index >= 15 is 0 Å². The van der Waals surface area contributed by atoms with Crippen molar-refractivity contribution in [3.63, 3.8) is 0 Å². The molecule has 3 atom stereocenters. The first-order chi connectivity index (χ1) is 12.2. The van der Waals surface area contributed by atoms with Crippen molar-refractivity contribution in [1.82, 2.24) is 5.32 Å². The fourth-order valence-electron chi connectivity index (χ4n) is 3.26. The summed E-state index contributed by atoms with van der Waals surface area (Å²) in [5.74, 6) is 0.251. The van der Waals surface area contributed by atoms with E-state index in [-0.39, 0.29) is 23.0 Å². The Kier molecular flexibility index (Phi) is 9.04. The molecule has 2 nitrogen and oxygen atoms in total. The lowest BCUT2D eigenvalue weighted by Gasteiger charge is -2.41. The molecule has 0 saturated carbocycles. The Morgan fingerprint density at radius 1 is 1.15 bits per heavy atom. The van der Waals surface area contributed by atoms with Crippen LogP contribution in [0.25, 0.3) is 0 Å². The molecule has 1 aromatic carbocycles. The second kappa shape index (κ2) is 9.90. The molecule has 7 heteroatoms. The Bertz CT molecular complexity index is 587. The summed E-state index contributed by atoms with van der Waals surface area (Å²) in [6.07, 6.45) is -4.07. The van der Waals surface area contributed by atoms with Crippen LogP contribution in [0.1, 0.15) is 52.6 Å². The molecule has 1 aromatic rings. The molecule has 0 aromatic heterocycles. The molecule has 0 heterocycles. The van der Waals surface area contributed by atoms with Crippen LogP contribution in [-0.2, 0) is 4.43 Å². The van der Waals surface area contributed by atoms with Crippen molar-refractivity contribution < 1.29 is 17.6 Å². The van der Waals surface area contributed by atoms with Crippen molar-refractivity contribution in [2.24, 2.45) is 11.3 Å². The van der Waals surface area contributed by atoms with Gasteiger partial charge in [0.15, 0.2) is 9.04 Å². The average molecular weight is 468 g/mol. The van der Waals surface area contributed by atoms with Crippen LogP contribution in [0.2, 0.25) is 13.1 Å². The van der Waals surface area contributed by atoms with Crippen molar-refractivity contribution in [3.8, 4) is 0 Å². The molecular weight excluding hydrogens is 435 g/mol. The average Bonchev–Trinajstić information content (AvgIpc) is 2.46. The summed E-state index contributed by atoms with van der Waals surface area (Å²) in [6.45, 7) is 14.3. The summed E-state index contributed by atoms with van der Waals surface area (Å²) in [5, 5.41) is 2.93. The highest BCUT2D eigenvalue weighted by atomic mass is 79.9. The first-order valence-electron chi connectivity index (χ1n) is 9.45. The van der Waals surface area contributed by atoms with Gasteiger partial charge in [-0.3, -0.25) is 5.32 Å². The van der Waals surface area contributed by atoms with Gasteiger partial charge in [-0.1, -0.05) is 62.7 Å². The molecule has 0 aliphatic carbocycles. The fraction of sp³-hybridized carbons (Fsp3) is 0.700. The van der Waals surface area contributed by atoms with Crippen molar-refractivity contribution in [2.45, 2.75) is 78.5 Å². The Morgan fingerprint density at radius 2 is 1.74 bits per heavy atom. The van der Waals surface area contributed by atoms with E-state index < -0.39 is 27.3 Å². The molecule has 0 fully saturated rings. The standard InChI is InChI=1S/C20H33BrF3NOSi/c1-13(2)11-16(18(19(3,4)5)26-27(6)7)25-17(20(22,23)24)14-9-8-10-15(21)12-14/h8-10,12-13,16-18,25,27H,11H2,1-7H3/t16-,17-,18?/m0/s1. The summed E-state index contributed by atoms with van der Waals surface area (Å²) < 4.78 is 48.7. The largest absolute Gasteiger partial charge is 0.416 e. The summed E-state index contributed by atoms with van der Waals surface area (Å²) in [7, 11) is -1.43. The minimum atomic E-state index is -4.40. The smallest absolute Gasteiger partial charge is 0.407 e. The molecule has 0 aliphatic rings. The number of hydrogen-bond donors (Lipinski definition) is 1. The van der Waals surface area contributed by atoms with E-state index in [2.05, 4.69) is 34.3 Å². The maximum Gasteiger partial charge on any atom is 0.407 e. The third-order valence-electron chi connectivity index (χ3n) is 4.25. The molecule has 0 spiro atoms. The molecule has 1 N–H and O–H groups in total. The van der Waals surface area contributed by atoms with Crippen LogP contribution in [0.5, 0.6) is 0 Å². The van der Waals surface area contributed by atoms with E-state index in [1.807, 2.05) is 34.6 Å². The van der Waals surface area contributed by atoms with Gasteiger partial charge in [0.25, 0.3) is 0 Å². The van der Waals surface area contributed by atoms with Crippen molar-refractivity contribution in [2.75, 3.05) is 0 Å². The zero-order chi connectivity index (χ0) is 21.0. The molecule has 0 amide bonds. The van der Waals surface area contributed by atoms with Gasteiger partial charge in [0.2, 0.25) is 0 Å². The monoisotopic (exact) mass is 467 g/mol.